The number of non-ortho nitro benzene ring substituents is 1. The van der Waals surface area contributed by atoms with Crippen LogP contribution in [0.2, 0.25) is 0 Å². The molecule has 10 nitrogen and oxygen atoms in total. The van der Waals surface area contributed by atoms with Gasteiger partial charge in [-0.05, 0) is 37.0 Å². The van der Waals surface area contributed by atoms with Crippen LogP contribution in [0.15, 0.2) is 42.5 Å². The largest absolute Gasteiger partial charge is 0.357 e. The summed E-state index contributed by atoms with van der Waals surface area (Å²) in [5.74, 6) is -0.975. The van der Waals surface area contributed by atoms with Gasteiger partial charge in [-0.15, -0.1) is 0 Å². The van der Waals surface area contributed by atoms with Crippen molar-refractivity contribution >= 4 is 33.2 Å². The van der Waals surface area contributed by atoms with Crippen LogP contribution in [0.4, 0.5) is 11.4 Å². The third kappa shape index (κ3) is 6.31. The van der Waals surface area contributed by atoms with Crippen LogP contribution in [0, 0.1) is 24.0 Å². The minimum Gasteiger partial charge on any atom is -0.357 e. The summed E-state index contributed by atoms with van der Waals surface area (Å²) in [6, 6.07) is 10.4. The van der Waals surface area contributed by atoms with Crippen LogP contribution in [-0.2, 0) is 26.2 Å². The Morgan fingerprint density at radius 3 is 2.29 bits per heavy atom. The molecular formula is C23H30N4O6S. The van der Waals surface area contributed by atoms with E-state index in [1.54, 1.807) is 13.8 Å². The van der Waals surface area contributed by atoms with Gasteiger partial charge in [0, 0.05) is 25.7 Å². The number of amides is 2. The van der Waals surface area contributed by atoms with E-state index in [0.717, 1.165) is 27.8 Å². The molecule has 1 N–H and O–H groups in total. The molecule has 0 radical (unpaired) electrons. The van der Waals surface area contributed by atoms with E-state index in [-0.39, 0.29) is 23.8 Å². The molecule has 0 bridgehead atoms. The lowest BCUT2D eigenvalue weighted by atomic mass is 10.1. The van der Waals surface area contributed by atoms with Crippen LogP contribution < -0.4 is 9.62 Å². The average molecular weight is 491 g/mol. The number of sulfonamides is 1. The molecule has 11 heteroatoms. The third-order valence-electron chi connectivity index (χ3n) is 5.59. The summed E-state index contributed by atoms with van der Waals surface area (Å²) in [5.41, 5.74) is 1.92. The first-order valence-corrected chi connectivity index (χ1v) is 12.5. The van der Waals surface area contributed by atoms with Crippen LogP contribution in [0.5, 0.6) is 0 Å². The average Bonchev–Trinajstić information content (AvgIpc) is 2.77. The number of aryl methyl sites for hydroxylation is 2. The normalized spacial score (nSPS) is 12.0. The predicted molar refractivity (Wildman–Crippen MR) is 130 cm³/mol. The summed E-state index contributed by atoms with van der Waals surface area (Å²) in [6.45, 7) is 4.74. The van der Waals surface area contributed by atoms with Crippen molar-refractivity contribution in [3.63, 3.8) is 0 Å². The summed E-state index contributed by atoms with van der Waals surface area (Å²) in [4.78, 5) is 38.1. The smallest absolute Gasteiger partial charge is 0.271 e. The molecule has 0 unspecified atom stereocenters. The fourth-order valence-corrected chi connectivity index (χ4v) is 4.53. The first-order chi connectivity index (χ1) is 15.9. The Kier molecular flexibility index (Phi) is 8.74. The molecule has 0 saturated carbocycles. The van der Waals surface area contributed by atoms with E-state index in [0.29, 0.717) is 12.0 Å². The zero-order valence-corrected chi connectivity index (χ0v) is 20.8. The molecule has 0 fully saturated rings. The summed E-state index contributed by atoms with van der Waals surface area (Å²) in [5, 5.41) is 13.8. The van der Waals surface area contributed by atoms with Gasteiger partial charge in [-0.3, -0.25) is 24.0 Å². The number of carbonyl (C=O) groups excluding carboxylic acids is 2. The highest BCUT2D eigenvalue weighted by Crippen LogP contribution is 2.28. The van der Waals surface area contributed by atoms with Crippen LogP contribution in [0.3, 0.4) is 0 Å². The van der Waals surface area contributed by atoms with Crippen LogP contribution in [-0.4, -0.2) is 55.9 Å². The second kappa shape index (κ2) is 11.1. The Balaban J connectivity index is 2.53. The van der Waals surface area contributed by atoms with Crippen LogP contribution in [0.25, 0.3) is 0 Å². The van der Waals surface area contributed by atoms with Crippen molar-refractivity contribution in [1.29, 1.82) is 0 Å². The Hall–Kier alpha value is -3.47. The molecule has 2 rings (SSSR count). The second-order valence-electron chi connectivity index (χ2n) is 7.98. The molecule has 2 aromatic carbocycles. The summed E-state index contributed by atoms with van der Waals surface area (Å²) in [6.07, 6.45) is 1.24. The van der Waals surface area contributed by atoms with Gasteiger partial charge in [0.2, 0.25) is 21.8 Å². The number of nitro benzene ring substituents is 1. The topological polar surface area (TPSA) is 130 Å². The number of rotatable bonds is 10. The maximum atomic E-state index is 13.5. The number of nitrogens with zero attached hydrogens (tertiary/aromatic N) is 3. The zero-order chi connectivity index (χ0) is 25.6. The fraction of sp³-hybridized carbons (Fsp3) is 0.391. The first kappa shape index (κ1) is 26.8. The van der Waals surface area contributed by atoms with Crippen molar-refractivity contribution < 1.29 is 22.9 Å². The van der Waals surface area contributed by atoms with Crippen molar-refractivity contribution in [3.05, 3.63) is 69.3 Å². The molecule has 2 aromatic rings. The van der Waals surface area contributed by atoms with E-state index in [4.69, 9.17) is 0 Å². The summed E-state index contributed by atoms with van der Waals surface area (Å²) in [7, 11) is -2.52. The molecule has 34 heavy (non-hydrogen) atoms. The Labute approximate surface area is 199 Å². The van der Waals surface area contributed by atoms with Crippen molar-refractivity contribution in [1.82, 2.24) is 10.2 Å². The molecule has 2 amide bonds. The molecule has 0 saturated heterocycles. The quantitative estimate of drug-likeness (QED) is 0.402. The SMILES string of the molecule is CC[C@@H](C(=O)NC)N(Cc1ccccc1C)C(=O)CN(c1cc([N+](=O)[O-])ccc1C)S(C)(=O)=O. The van der Waals surface area contributed by atoms with Gasteiger partial charge in [-0.2, -0.15) is 0 Å². The Morgan fingerprint density at radius 1 is 1.12 bits per heavy atom. The minimum absolute atomic E-state index is 0.0360. The number of benzene rings is 2. The van der Waals surface area contributed by atoms with Gasteiger partial charge in [-0.1, -0.05) is 37.3 Å². The van der Waals surface area contributed by atoms with Gasteiger partial charge < -0.3 is 10.2 Å². The second-order valence-corrected chi connectivity index (χ2v) is 9.89. The molecule has 0 aliphatic rings. The van der Waals surface area contributed by atoms with Gasteiger partial charge >= 0.3 is 0 Å². The number of nitro groups is 1. The summed E-state index contributed by atoms with van der Waals surface area (Å²) < 4.78 is 26.2. The summed E-state index contributed by atoms with van der Waals surface area (Å²) >= 11 is 0. The van der Waals surface area contributed by atoms with Crippen molar-refractivity contribution in [2.24, 2.45) is 0 Å². The van der Waals surface area contributed by atoms with Gasteiger partial charge in [0.15, 0.2) is 0 Å². The number of nitrogens with one attached hydrogen (secondary N) is 1. The Morgan fingerprint density at radius 2 is 1.76 bits per heavy atom. The first-order valence-electron chi connectivity index (χ1n) is 10.7. The lowest BCUT2D eigenvalue weighted by molar-refractivity contribution is -0.384. The molecule has 0 aliphatic heterocycles. The maximum Gasteiger partial charge on any atom is 0.271 e. The van der Waals surface area contributed by atoms with Crippen molar-refractivity contribution in [2.75, 3.05) is 24.2 Å². The molecular weight excluding hydrogens is 460 g/mol. The predicted octanol–water partition coefficient (Wildman–Crippen LogP) is 2.53. The molecule has 0 spiro atoms. The van der Waals surface area contributed by atoms with E-state index >= 15 is 0 Å². The molecule has 1 atom stereocenters. The van der Waals surface area contributed by atoms with E-state index in [9.17, 15) is 28.1 Å². The van der Waals surface area contributed by atoms with E-state index in [1.807, 2.05) is 31.2 Å². The number of likely N-dealkylation sites (N-methyl/N-ethyl adjacent to an activating group) is 1. The Bertz CT molecular complexity index is 1180. The maximum absolute atomic E-state index is 13.5. The fourth-order valence-electron chi connectivity index (χ4n) is 3.63. The van der Waals surface area contributed by atoms with Gasteiger partial charge in [0.25, 0.3) is 5.69 Å². The number of hydrogen-bond acceptors (Lipinski definition) is 6. The lowest BCUT2D eigenvalue weighted by Crippen LogP contribution is -2.51. The monoisotopic (exact) mass is 490 g/mol. The molecule has 184 valence electrons. The lowest BCUT2D eigenvalue weighted by Gasteiger charge is -2.33. The third-order valence-corrected chi connectivity index (χ3v) is 6.71. The zero-order valence-electron chi connectivity index (χ0n) is 19.9. The van der Waals surface area contributed by atoms with Gasteiger partial charge in [0.05, 0.1) is 16.9 Å². The van der Waals surface area contributed by atoms with Gasteiger partial charge in [0.1, 0.15) is 12.6 Å². The minimum atomic E-state index is -3.99. The molecule has 0 aromatic heterocycles. The van der Waals surface area contributed by atoms with E-state index < -0.39 is 33.4 Å². The van der Waals surface area contributed by atoms with Crippen LogP contribution >= 0.6 is 0 Å². The standard InChI is InChI=1S/C23H30N4O6S/c1-6-20(23(29)24-4)25(14-18-10-8-7-9-16(18)2)22(28)15-26(34(5,32)33)21-13-19(27(30)31)12-11-17(21)3/h7-13,20H,6,14-15H2,1-5H3,(H,24,29)/t20-/m0/s1. The number of anilines is 1. The highest BCUT2D eigenvalue weighted by molar-refractivity contribution is 7.92. The van der Waals surface area contributed by atoms with Crippen LogP contribution in [0.1, 0.15) is 30.0 Å². The van der Waals surface area contributed by atoms with E-state index in [2.05, 4.69) is 5.32 Å². The highest BCUT2D eigenvalue weighted by Gasteiger charge is 2.32. The molecule has 0 aliphatic carbocycles. The van der Waals surface area contributed by atoms with E-state index in [1.165, 1.54) is 24.1 Å². The van der Waals surface area contributed by atoms with Gasteiger partial charge in [-0.25, -0.2) is 8.42 Å². The molecule has 0 heterocycles. The highest BCUT2D eigenvalue weighted by atomic mass is 32.2. The van der Waals surface area contributed by atoms with Crippen molar-refractivity contribution in [2.45, 2.75) is 39.8 Å². The number of carbonyl (C=O) groups is 2. The van der Waals surface area contributed by atoms with Crippen molar-refractivity contribution in [3.8, 4) is 0 Å². The number of hydrogen-bond donors (Lipinski definition) is 1.